The maximum atomic E-state index is 17.2. The van der Waals surface area contributed by atoms with Gasteiger partial charge in [0.1, 0.15) is 11.6 Å². The van der Waals surface area contributed by atoms with Crippen LogP contribution in [-0.2, 0) is 19.2 Å². The molecule has 2 amide bonds. The van der Waals surface area contributed by atoms with Crippen molar-refractivity contribution < 1.29 is 33.8 Å². The molecular weight excluding hydrogens is 511 g/mol. The molecule has 0 spiro atoms. The molecule has 4 N–H and O–H groups in total. The number of ketones is 2. The van der Waals surface area contributed by atoms with Crippen molar-refractivity contribution in [3.05, 3.63) is 23.8 Å². The second-order valence-electron chi connectivity index (χ2n) is 11.9. The van der Waals surface area contributed by atoms with Gasteiger partial charge in [-0.05, 0) is 75.0 Å². The molecule has 210 valence electrons. The lowest BCUT2D eigenvalue weighted by molar-refractivity contribution is -0.218. The average molecular weight is 551 g/mol. The van der Waals surface area contributed by atoms with E-state index in [2.05, 4.69) is 10.6 Å². The summed E-state index contributed by atoms with van der Waals surface area (Å²) < 4.78 is 17.2. The number of allylic oxidation sites excluding steroid dienone is 4. The van der Waals surface area contributed by atoms with E-state index in [9.17, 15) is 29.4 Å². The minimum absolute atomic E-state index is 0.126. The van der Waals surface area contributed by atoms with Gasteiger partial charge < -0.3 is 20.8 Å². The number of nitrogens with one attached hydrogen (secondary N) is 2. The van der Waals surface area contributed by atoms with Crippen LogP contribution in [0.1, 0.15) is 52.9 Å². The third-order valence-corrected chi connectivity index (χ3v) is 10.9. The van der Waals surface area contributed by atoms with Crippen molar-refractivity contribution in [1.82, 2.24) is 10.6 Å². The van der Waals surface area contributed by atoms with Gasteiger partial charge in [-0.25, -0.2) is 4.39 Å². The molecule has 0 heterocycles. The lowest BCUT2D eigenvalue weighted by Gasteiger charge is -2.62. The molecule has 0 aromatic rings. The first kappa shape index (κ1) is 29.0. The van der Waals surface area contributed by atoms with E-state index in [1.807, 2.05) is 6.26 Å². The monoisotopic (exact) mass is 550 g/mol. The van der Waals surface area contributed by atoms with Crippen molar-refractivity contribution in [3.63, 3.8) is 0 Å². The molecule has 3 fully saturated rings. The number of halogens is 1. The topological polar surface area (TPSA) is 133 Å². The van der Waals surface area contributed by atoms with Gasteiger partial charge in [0, 0.05) is 16.7 Å². The first-order chi connectivity index (χ1) is 17.8. The Morgan fingerprint density at radius 1 is 1.32 bits per heavy atom. The van der Waals surface area contributed by atoms with Gasteiger partial charge in [-0.15, -0.1) is 0 Å². The van der Waals surface area contributed by atoms with Crippen LogP contribution in [0.5, 0.6) is 0 Å². The minimum atomic E-state index is -2.05. The number of hydrogen-bond donors (Lipinski definition) is 4. The molecule has 0 bridgehead atoms. The molecule has 0 aromatic carbocycles. The Labute approximate surface area is 227 Å². The number of hydrogen-bond acceptors (Lipinski definition) is 7. The molecule has 4 aliphatic rings. The summed E-state index contributed by atoms with van der Waals surface area (Å²) in [6.45, 7) is 4.81. The van der Waals surface area contributed by atoms with Gasteiger partial charge in [-0.1, -0.05) is 25.5 Å². The summed E-state index contributed by atoms with van der Waals surface area (Å²) in [5, 5.41) is 28.5. The molecule has 0 saturated heterocycles. The third-order valence-electron chi connectivity index (χ3n) is 10.3. The van der Waals surface area contributed by atoms with E-state index in [1.54, 1.807) is 26.8 Å². The molecule has 3 saturated carbocycles. The number of carbonyl (C=O) groups excluding carboxylic acids is 4. The number of Topliss-reactive ketones (excluding diaryl/α,β-unsaturated/α-hetero) is 1. The minimum Gasteiger partial charge on any atom is -0.390 e. The van der Waals surface area contributed by atoms with Crippen molar-refractivity contribution in [2.45, 2.75) is 76.3 Å². The van der Waals surface area contributed by atoms with Crippen molar-refractivity contribution in [3.8, 4) is 0 Å². The average Bonchev–Trinajstić information content (AvgIpc) is 3.07. The second-order valence-corrected chi connectivity index (χ2v) is 12.9. The van der Waals surface area contributed by atoms with E-state index >= 15 is 4.39 Å². The van der Waals surface area contributed by atoms with Crippen LogP contribution in [0, 0.1) is 28.6 Å². The zero-order chi connectivity index (χ0) is 28.1. The highest BCUT2D eigenvalue weighted by molar-refractivity contribution is 7.98. The number of carbonyl (C=O) groups is 4. The van der Waals surface area contributed by atoms with Gasteiger partial charge in [0.05, 0.1) is 12.6 Å². The van der Waals surface area contributed by atoms with Gasteiger partial charge in [0.25, 0.3) is 0 Å². The van der Waals surface area contributed by atoms with E-state index in [1.165, 1.54) is 23.9 Å². The van der Waals surface area contributed by atoms with E-state index in [0.29, 0.717) is 43.4 Å². The van der Waals surface area contributed by atoms with Crippen molar-refractivity contribution in [2.75, 3.05) is 18.6 Å². The van der Waals surface area contributed by atoms with Gasteiger partial charge >= 0.3 is 0 Å². The van der Waals surface area contributed by atoms with Crippen LogP contribution >= 0.6 is 11.8 Å². The fraction of sp³-hybridized carbons (Fsp3) is 0.714. The Morgan fingerprint density at radius 2 is 2.03 bits per heavy atom. The van der Waals surface area contributed by atoms with Gasteiger partial charge in [-0.2, -0.15) is 11.8 Å². The second kappa shape index (κ2) is 10.2. The maximum absolute atomic E-state index is 17.2. The third kappa shape index (κ3) is 4.01. The number of rotatable bonds is 9. The van der Waals surface area contributed by atoms with Crippen LogP contribution in [0.3, 0.4) is 0 Å². The molecule has 4 rings (SSSR count). The lowest BCUT2D eigenvalue weighted by Crippen LogP contribution is -2.69. The lowest BCUT2D eigenvalue weighted by atomic mass is 9.44. The molecular formula is C28H39FN2O6S. The Hall–Kier alpha value is -2.04. The smallest absolute Gasteiger partial charge is 0.242 e. The van der Waals surface area contributed by atoms with E-state index in [-0.39, 0.29) is 18.1 Å². The number of fused-ring (bicyclic) bond motifs is 5. The fourth-order valence-electron chi connectivity index (χ4n) is 8.17. The molecule has 0 radical (unpaired) electrons. The van der Waals surface area contributed by atoms with Crippen LogP contribution in [0.15, 0.2) is 23.8 Å². The van der Waals surface area contributed by atoms with Crippen LogP contribution in [0.25, 0.3) is 0 Å². The molecule has 3 unspecified atom stereocenters. The standard InChI is InChI=1S/C28H39FN2O6S/c1-16-11-20-19-6-5-17-12-18(33)7-9-25(17,2)27(19,29)22(34)13-26(20,3)28(16,37)23(35)14-30-24(36)21(31-15-32)8-10-38-4/h7,9,12,15-16,19-22,34,37H,5-6,8,10-11,13-14H2,1-4H3,(H,30,36)(H,31,32)/t16?,19-,20-,21?,22?,25-,26-,27-,28-/m0/s1. The van der Waals surface area contributed by atoms with Crippen LogP contribution in [-0.4, -0.2) is 76.1 Å². The number of amides is 2. The normalized spacial score (nSPS) is 42.3. The maximum Gasteiger partial charge on any atom is 0.242 e. The summed E-state index contributed by atoms with van der Waals surface area (Å²) in [7, 11) is 0. The van der Waals surface area contributed by atoms with Crippen molar-refractivity contribution >= 4 is 35.6 Å². The van der Waals surface area contributed by atoms with E-state index in [4.69, 9.17) is 0 Å². The van der Waals surface area contributed by atoms with Crippen LogP contribution < -0.4 is 10.6 Å². The number of thioether (sulfide) groups is 1. The van der Waals surface area contributed by atoms with Crippen LogP contribution in [0.4, 0.5) is 4.39 Å². The van der Waals surface area contributed by atoms with Crippen LogP contribution in [0.2, 0.25) is 0 Å². The first-order valence-corrected chi connectivity index (χ1v) is 14.7. The molecule has 4 aliphatic carbocycles. The summed E-state index contributed by atoms with van der Waals surface area (Å²) in [5.41, 5.74) is -5.52. The largest absolute Gasteiger partial charge is 0.390 e. The predicted octanol–water partition coefficient (Wildman–Crippen LogP) is 1.89. The zero-order valence-electron chi connectivity index (χ0n) is 22.5. The molecule has 38 heavy (non-hydrogen) atoms. The molecule has 0 aliphatic heterocycles. The Morgan fingerprint density at radius 3 is 2.68 bits per heavy atom. The van der Waals surface area contributed by atoms with Gasteiger partial charge in [0.15, 0.2) is 17.2 Å². The Balaban J connectivity index is 1.59. The highest BCUT2D eigenvalue weighted by atomic mass is 32.2. The Bertz CT molecular complexity index is 1080. The van der Waals surface area contributed by atoms with Gasteiger partial charge in [0.2, 0.25) is 12.3 Å². The number of aliphatic hydroxyl groups excluding tert-OH is 1. The number of aliphatic hydroxyl groups is 2. The van der Waals surface area contributed by atoms with Crippen molar-refractivity contribution in [1.29, 1.82) is 0 Å². The highest BCUT2D eigenvalue weighted by Gasteiger charge is 2.75. The van der Waals surface area contributed by atoms with E-state index < -0.39 is 64.3 Å². The predicted molar refractivity (Wildman–Crippen MR) is 142 cm³/mol. The van der Waals surface area contributed by atoms with Gasteiger partial charge in [-0.3, -0.25) is 19.2 Å². The summed E-state index contributed by atoms with van der Waals surface area (Å²) in [6, 6.07) is -0.795. The van der Waals surface area contributed by atoms with Crippen molar-refractivity contribution in [2.24, 2.45) is 28.6 Å². The fourth-order valence-corrected chi connectivity index (χ4v) is 8.65. The summed E-state index contributed by atoms with van der Waals surface area (Å²) in [4.78, 5) is 49.2. The molecule has 9 atom stereocenters. The molecule has 0 aromatic heterocycles. The van der Waals surface area contributed by atoms with E-state index in [0.717, 1.165) is 0 Å². The zero-order valence-corrected chi connectivity index (χ0v) is 23.3. The summed E-state index contributed by atoms with van der Waals surface area (Å²) >= 11 is 1.52. The molecule has 10 heteroatoms. The first-order valence-electron chi connectivity index (χ1n) is 13.3. The number of alkyl halides is 1. The highest BCUT2D eigenvalue weighted by Crippen LogP contribution is 2.70. The SMILES string of the molecule is CSCCC(NC=O)C(=O)NCC(=O)[C@@]1(O)C(C)C[C@H]2[C@@H]3CCC4=CC(=O)C=C[C@]4(C)[C@@]3(F)C(O)C[C@@]21C. The quantitative estimate of drug-likeness (QED) is 0.322. The Kier molecular flexibility index (Phi) is 7.75. The molecule has 8 nitrogen and oxygen atoms in total. The summed E-state index contributed by atoms with van der Waals surface area (Å²) in [6.07, 6.45) is 6.84. The summed E-state index contributed by atoms with van der Waals surface area (Å²) in [5.74, 6) is -2.18.